The predicted molar refractivity (Wildman–Crippen MR) is 75.4 cm³/mol. The second-order valence-electron chi connectivity index (χ2n) is 4.88. The molecule has 5 heteroatoms. The Labute approximate surface area is 118 Å². The molecule has 0 fully saturated rings. The molecule has 0 amide bonds. The highest BCUT2D eigenvalue weighted by Gasteiger charge is 2.16. The summed E-state index contributed by atoms with van der Waals surface area (Å²) in [5.41, 5.74) is 3.19. The molecule has 4 nitrogen and oxygen atoms in total. The molecule has 0 saturated carbocycles. The lowest BCUT2D eigenvalue weighted by Crippen LogP contribution is -2.23. The van der Waals surface area contributed by atoms with Crippen LogP contribution in [0.5, 0.6) is 0 Å². The number of benzene rings is 1. The highest BCUT2D eigenvalue weighted by Crippen LogP contribution is 2.22. The molecule has 104 valence electrons. The number of hydrogen-bond acceptors (Lipinski definition) is 4. The first-order chi connectivity index (χ1) is 8.83. The van der Waals surface area contributed by atoms with Gasteiger partial charge in [-0.25, -0.2) is 4.79 Å². The average Bonchev–Trinajstić information content (AvgIpc) is 2.26. The van der Waals surface area contributed by atoms with Crippen LogP contribution in [0, 0.1) is 0 Å². The summed E-state index contributed by atoms with van der Waals surface area (Å²) in [4.78, 5) is 16.7. The van der Waals surface area contributed by atoms with Crippen LogP contribution in [0.25, 0.3) is 5.70 Å². The van der Waals surface area contributed by atoms with E-state index in [1.54, 1.807) is 32.9 Å². The summed E-state index contributed by atoms with van der Waals surface area (Å²) in [6, 6.07) is 7.15. The molecule has 1 aromatic rings. The molecule has 1 N–H and O–H groups in total. The molecule has 0 aliphatic carbocycles. The number of halogens is 1. The number of carbonyl (C=O) groups is 1. The van der Waals surface area contributed by atoms with E-state index in [9.17, 15) is 4.79 Å². The van der Waals surface area contributed by atoms with Crippen molar-refractivity contribution in [3.05, 3.63) is 40.9 Å². The zero-order valence-corrected chi connectivity index (χ0v) is 12.2. The van der Waals surface area contributed by atoms with Gasteiger partial charge in [-0.3, -0.25) is 10.3 Å². The number of nitrogens with one attached hydrogen (secondary N) is 1. The van der Waals surface area contributed by atoms with Gasteiger partial charge in [-0.15, -0.1) is 0 Å². The van der Waals surface area contributed by atoms with Gasteiger partial charge in [0.2, 0.25) is 0 Å². The van der Waals surface area contributed by atoms with Gasteiger partial charge >= 0.3 is 5.97 Å². The molecule has 0 bridgehead atoms. The number of carbonyl (C=O) groups excluding carboxylic acids is 1. The summed E-state index contributed by atoms with van der Waals surface area (Å²) in [5, 5.41) is 0.516. The maximum atomic E-state index is 11.8. The molecule has 1 aromatic carbocycles. The van der Waals surface area contributed by atoms with E-state index in [4.69, 9.17) is 21.2 Å². The first-order valence-corrected chi connectivity index (χ1v) is 6.20. The largest absolute Gasteiger partial charge is 0.457 e. The topological polar surface area (TPSA) is 47.6 Å². The fourth-order valence-electron chi connectivity index (χ4n) is 1.40. The van der Waals surface area contributed by atoms with Crippen LogP contribution in [0.2, 0.25) is 5.02 Å². The number of hydrogen-bond donors (Lipinski definition) is 1. The third kappa shape index (κ3) is 5.32. The fourth-order valence-corrected chi connectivity index (χ4v) is 1.64. The summed E-state index contributed by atoms with van der Waals surface area (Å²) in [6.07, 6.45) is 1.32. The van der Waals surface area contributed by atoms with Crippen molar-refractivity contribution in [2.75, 3.05) is 7.11 Å². The smallest absolute Gasteiger partial charge is 0.333 e. The Bertz CT molecular complexity index is 478. The van der Waals surface area contributed by atoms with Crippen LogP contribution in [0.3, 0.4) is 0 Å². The SMILES string of the molecule is CON/C(=C/C(=O)OC(C)(C)C)c1ccccc1Cl. The summed E-state index contributed by atoms with van der Waals surface area (Å²) < 4.78 is 5.22. The Morgan fingerprint density at radius 1 is 1.32 bits per heavy atom. The van der Waals surface area contributed by atoms with Crippen LogP contribution in [-0.2, 0) is 14.4 Å². The fraction of sp³-hybridized carbons (Fsp3) is 0.357. The molecular weight excluding hydrogens is 266 g/mol. The van der Waals surface area contributed by atoms with Gasteiger partial charge in [-0.05, 0) is 26.8 Å². The minimum atomic E-state index is -0.549. The van der Waals surface area contributed by atoms with Crippen LogP contribution < -0.4 is 5.48 Å². The van der Waals surface area contributed by atoms with E-state index >= 15 is 0 Å². The number of esters is 1. The van der Waals surface area contributed by atoms with Gasteiger partial charge in [0.25, 0.3) is 0 Å². The molecular formula is C14H18ClNO3. The van der Waals surface area contributed by atoms with Crippen molar-refractivity contribution in [3.8, 4) is 0 Å². The predicted octanol–water partition coefficient (Wildman–Crippen LogP) is 3.17. The Morgan fingerprint density at radius 2 is 1.95 bits per heavy atom. The van der Waals surface area contributed by atoms with E-state index in [1.165, 1.54) is 13.2 Å². The molecule has 0 aliphatic rings. The van der Waals surface area contributed by atoms with Gasteiger partial charge in [-0.1, -0.05) is 29.8 Å². The Hall–Kier alpha value is -1.52. The van der Waals surface area contributed by atoms with Crippen molar-refractivity contribution < 1.29 is 14.4 Å². The van der Waals surface area contributed by atoms with Gasteiger partial charge in [0.05, 0.1) is 12.8 Å². The monoisotopic (exact) mass is 283 g/mol. The van der Waals surface area contributed by atoms with E-state index in [-0.39, 0.29) is 0 Å². The van der Waals surface area contributed by atoms with Crippen molar-refractivity contribution in [1.82, 2.24) is 5.48 Å². The second-order valence-corrected chi connectivity index (χ2v) is 5.28. The molecule has 19 heavy (non-hydrogen) atoms. The maximum Gasteiger partial charge on any atom is 0.333 e. The molecule has 0 aliphatic heterocycles. The molecule has 0 spiro atoms. The van der Waals surface area contributed by atoms with E-state index in [1.807, 2.05) is 12.1 Å². The highest BCUT2D eigenvalue weighted by atomic mass is 35.5. The standard InChI is InChI=1S/C14H18ClNO3/c1-14(2,3)19-13(17)9-12(16-18-4)10-7-5-6-8-11(10)15/h5-9,16H,1-4H3/b12-9+. The first-order valence-electron chi connectivity index (χ1n) is 5.82. The Morgan fingerprint density at radius 3 is 2.47 bits per heavy atom. The van der Waals surface area contributed by atoms with Gasteiger partial charge < -0.3 is 4.74 Å². The third-order valence-electron chi connectivity index (χ3n) is 2.05. The third-order valence-corrected chi connectivity index (χ3v) is 2.37. The van der Waals surface area contributed by atoms with Gasteiger partial charge in [-0.2, -0.15) is 0 Å². The Kier molecular flexibility index (Phi) is 5.39. The molecule has 0 radical (unpaired) electrons. The van der Waals surface area contributed by atoms with Gasteiger partial charge in [0.15, 0.2) is 0 Å². The summed E-state index contributed by atoms with van der Waals surface area (Å²) in [5.74, 6) is -0.466. The van der Waals surface area contributed by atoms with Crippen molar-refractivity contribution in [2.24, 2.45) is 0 Å². The average molecular weight is 284 g/mol. The second kappa shape index (κ2) is 6.59. The molecule has 0 heterocycles. The maximum absolute atomic E-state index is 11.8. The Balaban J connectivity index is 3.01. The zero-order valence-electron chi connectivity index (χ0n) is 11.5. The molecule has 0 unspecified atom stereocenters. The molecule has 0 saturated heterocycles. The molecule has 0 atom stereocenters. The van der Waals surface area contributed by atoms with E-state index < -0.39 is 11.6 Å². The van der Waals surface area contributed by atoms with Crippen molar-refractivity contribution in [3.63, 3.8) is 0 Å². The first kappa shape index (κ1) is 15.5. The lowest BCUT2D eigenvalue weighted by atomic mass is 10.1. The summed E-state index contributed by atoms with van der Waals surface area (Å²) in [7, 11) is 1.46. The quantitative estimate of drug-likeness (QED) is 0.524. The van der Waals surface area contributed by atoms with Crippen LogP contribution in [0.1, 0.15) is 26.3 Å². The minimum Gasteiger partial charge on any atom is -0.457 e. The number of hydroxylamine groups is 1. The van der Waals surface area contributed by atoms with Gasteiger partial charge in [0, 0.05) is 16.7 Å². The number of ether oxygens (including phenoxy) is 1. The van der Waals surface area contributed by atoms with Crippen molar-refractivity contribution in [1.29, 1.82) is 0 Å². The molecule has 1 rings (SSSR count). The summed E-state index contributed by atoms with van der Waals surface area (Å²) >= 11 is 6.08. The normalized spacial score (nSPS) is 12.2. The van der Waals surface area contributed by atoms with Gasteiger partial charge in [0.1, 0.15) is 5.60 Å². The van der Waals surface area contributed by atoms with Crippen LogP contribution in [0.4, 0.5) is 0 Å². The minimum absolute atomic E-state index is 0.447. The van der Waals surface area contributed by atoms with E-state index in [0.717, 1.165) is 0 Å². The number of rotatable bonds is 4. The van der Waals surface area contributed by atoms with Crippen molar-refractivity contribution >= 4 is 23.3 Å². The van der Waals surface area contributed by atoms with E-state index in [2.05, 4.69) is 5.48 Å². The lowest BCUT2D eigenvalue weighted by Gasteiger charge is -2.19. The molecule has 0 aromatic heterocycles. The van der Waals surface area contributed by atoms with E-state index in [0.29, 0.717) is 16.3 Å². The van der Waals surface area contributed by atoms with Crippen molar-refractivity contribution in [2.45, 2.75) is 26.4 Å². The summed E-state index contributed by atoms with van der Waals surface area (Å²) in [6.45, 7) is 5.41. The zero-order chi connectivity index (χ0) is 14.5. The lowest BCUT2D eigenvalue weighted by molar-refractivity contribution is -0.148. The van der Waals surface area contributed by atoms with Crippen LogP contribution >= 0.6 is 11.6 Å². The highest BCUT2D eigenvalue weighted by molar-refractivity contribution is 6.32. The van der Waals surface area contributed by atoms with Crippen LogP contribution in [0.15, 0.2) is 30.3 Å². The van der Waals surface area contributed by atoms with Crippen LogP contribution in [-0.4, -0.2) is 18.7 Å².